The molecule has 7 heteroatoms. The number of amides is 1. The third kappa shape index (κ3) is 3.02. The predicted molar refractivity (Wildman–Crippen MR) is 69.1 cm³/mol. The van der Waals surface area contributed by atoms with Gasteiger partial charge in [-0.3, -0.25) is 4.79 Å². The maximum atomic E-state index is 12.9. The Bertz CT molecular complexity index is 591. The number of aromatic nitrogens is 2. The maximum absolute atomic E-state index is 12.9. The molecule has 0 aliphatic carbocycles. The van der Waals surface area contributed by atoms with Gasteiger partial charge in [-0.25, -0.2) is 14.4 Å². The Kier molecular flexibility index (Phi) is 3.88. The van der Waals surface area contributed by atoms with Crippen LogP contribution in [0.1, 0.15) is 10.5 Å². The molecule has 0 bridgehead atoms. The van der Waals surface area contributed by atoms with Crippen molar-refractivity contribution in [1.29, 1.82) is 0 Å². The molecular formula is C11H6BrClFN3O. The summed E-state index contributed by atoms with van der Waals surface area (Å²) in [6.45, 7) is 0. The first-order valence-corrected chi connectivity index (χ1v) is 5.97. The van der Waals surface area contributed by atoms with E-state index in [2.05, 4.69) is 31.2 Å². The van der Waals surface area contributed by atoms with Crippen molar-refractivity contribution in [2.24, 2.45) is 0 Å². The number of nitrogens with zero attached hydrogens (tertiary/aromatic N) is 2. The highest BCUT2D eigenvalue weighted by Gasteiger charge is 2.10. The molecule has 2 aromatic rings. The van der Waals surface area contributed by atoms with E-state index in [4.69, 9.17) is 11.6 Å². The Morgan fingerprint density at radius 2 is 2.11 bits per heavy atom. The van der Waals surface area contributed by atoms with E-state index in [1.807, 2.05) is 0 Å². The van der Waals surface area contributed by atoms with Crippen molar-refractivity contribution >= 4 is 39.1 Å². The number of halogens is 3. The van der Waals surface area contributed by atoms with E-state index in [1.54, 1.807) is 0 Å². The van der Waals surface area contributed by atoms with Gasteiger partial charge >= 0.3 is 0 Å². The summed E-state index contributed by atoms with van der Waals surface area (Å²) in [5.74, 6) is -0.849. The molecule has 92 valence electrons. The lowest BCUT2D eigenvalue weighted by Crippen LogP contribution is -2.14. The molecule has 0 aliphatic rings. The average molecular weight is 331 g/mol. The molecule has 1 aromatic heterocycles. The molecule has 1 N–H and O–H groups in total. The van der Waals surface area contributed by atoms with Crippen LogP contribution < -0.4 is 5.32 Å². The molecule has 18 heavy (non-hydrogen) atoms. The third-order valence-corrected chi connectivity index (χ3v) is 2.88. The zero-order chi connectivity index (χ0) is 13.1. The molecule has 0 saturated carbocycles. The summed E-state index contributed by atoms with van der Waals surface area (Å²) in [4.78, 5) is 19.4. The third-order valence-electron chi connectivity index (χ3n) is 2.03. The van der Waals surface area contributed by atoms with Crippen molar-refractivity contribution in [2.45, 2.75) is 0 Å². The maximum Gasteiger partial charge on any atom is 0.275 e. The van der Waals surface area contributed by atoms with Crippen LogP contribution in [0.2, 0.25) is 5.15 Å². The van der Waals surface area contributed by atoms with Gasteiger partial charge in [0.25, 0.3) is 5.91 Å². The molecule has 0 fully saturated rings. The Labute approximate surface area is 115 Å². The second-order valence-electron chi connectivity index (χ2n) is 3.30. The molecule has 0 saturated heterocycles. The second-order valence-corrected chi connectivity index (χ2v) is 4.54. The highest BCUT2D eigenvalue weighted by molar-refractivity contribution is 9.10. The Balaban J connectivity index is 2.18. The van der Waals surface area contributed by atoms with E-state index in [0.717, 1.165) is 0 Å². The molecule has 1 heterocycles. The molecule has 0 radical (unpaired) electrons. The lowest BCUT2D eigenvalue weighted by atomic mass is 10.3. The van der Waals surface area contributed by atoms with Crippen LogP contribution in [0.5, 0.6) is 0 Å². The number of anilines is 1. The quantitative estimate of drug-likeness (QED) is 0.919. The van der Waals surface area contributed by atoms with Gasteiger partial charge in [-0.15, -0.1) is 0 Å². The van der Waals surface area contributed by atoms with Crippen molar-refractivity contribution in [3.05, 3.63) is 51.7 Å². The molecule has 0 spiro atoms. The first-order valence-electron chi connectivity index (χ1n) is 4.80. The Morgan fingerprint density at radius 1 is 1.33 bits per heavy atom. The van der Waals surface area contributed by atoms with E-state index in [9.17, 15) is 9.18 Å². The monoisotopic (exact) mass is 329 g/mol. The van der Waals surface area contributed by atoms with E-state index in [1.165, 1.54) is 30.6 Å². The molecule has 0 unspecified atom stereocenters. The number of carbonyl (C=O) groups excluding carboxylic acids is 1. The molecule has 0 aliphatic heterocycles. The highest BCUT2D eigenvalue weighted by Crippen LogP contribution is 2.23. The molecular weight excluding hydrogens is 324 g/mol. The minimum Gasteiger partial charge on any atom is -0.320 e. The summed E-state index contributed by atoms with van der Waals surface area (Å²) in [6.07, 6.45) is 2.53. The minimum absolute atomic E-state index is 0.121. The lowest BCUT2D eigenvalue weighted by molar-refractivity contribution is 0.102. The van der Waals surface area contributed by atoms with E-state index in [0.29, 0.717) is 10.2 Å². The number of rotatable bonds is 2. The summed E-state index contributed by atoms with van der Waals surface area (Å²) >= 11 is 8.71. The smallest absolute Gasteiger partial charge is 0.275 e. The number of carbonyl (C=O) groups is 1. The van der Waals surface area contributed by atoms with Gasteiger partial charge in [0.05, 0.1) is 18.1 Å². The van der Waals surface area contributed by atoms with Crippen molar-refractivity contribution in [1.82, 2.24) is 9.97 Å². The van der Waals surface area contributed by atoms with Crippen LogP contribution in [0.4, 0.5) is 10.1 Å². The van der Waals surface area contributed by atoms with Crippen LogP contribution in [0.3, 0.4) is 0 Å². The number of hydrogen-bond donors (Lipinski definition) is 1. The fourth-order valence-corrected chi connectivity index (χ4v) is 1.75. The summed E-state index contributed by atoms with van der Waals surface area (Å²) in [5.41, 5.74) is 0.564. The molecule has 2 rings (SSSR count). The van der Waals surface area contributed by atoms with Crippen molar-refractivity contribution in [3.63, 3.8) is 0 Å². The van der Waals surface area contributed by atoms with Gasteiger partial charge < -0.3 is 5.32 Å². The molecule has 1 aromatic carbocycles. The summed E-state index contributed by atoms with van der Waals surface area (Å²) in [6, 6.07) is 3.94. The van der Waals surface area contributed by atoms with Crippen molar-refractivity contribution in [2.75, 3.05) is 5.32 Å². The Morgan fingerprint density at radius 3 is 2.72 bits per heavy atom. The second kappa shape index (κ2) is 5.41. The van der Waals surface area contributed by atoms with Crippen LogP contribution in [0, 0.1) is 5.82 Å². The van der Waals surface area contributed by atoms with Gasteiger partial charge in [0, 0.05) is 4.47 Å². The van der Waals surface area contributed by atoms with E-state index in [-0.39, 0.29) is 10.8 Å². The fourth-order valence-electron chi connectivity index (χ4n) is 1.21. The topological polar surface area (TPSA) is 54.9 Å². The lowest BCUT2D eigenvalue weighted by Gasteiger charge is -2.06. The zero-order valence-corrected chi connectivity index (χ0v) is 11.2. The minimum atomic E-state index is -0.452. The summed E-state index contributed by atoms with van der Waals surface area (Å²) < 4.78 is 13.3. The predicted octanol–water partition coefficient (Wildman–Crippen LogP) is 3.28. The standard InChI is InChI=1S/C11H6BrClFN3O/c12-7-3-6(14)1-2-8(7)17-11(18)9-4-16-10(13)5-15-9/h1-5H,(H,17,18). The molecule has 1 amide bonds. The van der Waals surface area contributed by atoms with E-state index < -0.39 is 11.7 Å². The van der Waals surface area contributed by atoms with Crippen molar-refractivity contribution < 1.29 is 9.18 Å². The zero-order valence-electron chi connectivity index (χ0n) is 8.82. The van der Waals surface area contributed by atoms with Gasteiger partial charge in [0.2, 0.25) is 0 Å². The largest absolute Gasteiger partial charge is 0.320 e. The van der Waals surface area contributed by atoms with Gasteiger partial charge in [0.15, 0.2) is 0 Å². The van der Waals surface area contributed by atoms with E-state index >= 15 is 0 Å². The van der Waals surface area contributed by atoms with Crippen LogP contribution in [-0.4, -0.2) is 15.9 Å². The SMILES string of the molecule is O=C(Nc1ccc(F)cc1Br)c1cnc(Cl)cn1. The summed E-state index contributed by atoms with van der Waals surface area (Å²) in [5, 5.41) is 2.78. The number of benzene rings is 1. The van der Waals surface area contributed by atoms with Gasteiger partial charge in [-0.1, -0.05) is 11.6 Å². The number of hydrogen-bond acceptors (Lipinski definition) is 3. The van der Waals surface area contributed by atoms with Crippen molar-refractivity contribution in [3.8, 4) is 0 Å². The summed E-state index contributed by atoms with van der Waals surface area (Å²) in [7, 11) is 0. The highest BCUT2D eigenvalue weighted by atomic mass is 79.9. The first-order chi connectivity index (χ1) is 8.56. The number of nitrogens with one attached hydrogen (secondary N) is 1. The van der Waals surface area contributed by atoms with Crippen LogP contribution in [0.25, 0.3) is 0 Å². The average Bonchev–Trinajstić information content (AvgIpc) is 2.33. The Hall–Kier alpha value is -1.53. The van der Waals surface area contributed by atoms with Gasteiger partial charge in [-0.05, 0) is 34.1 Å². The van der Waals surface area contributed by atoms with Gasteiger partial charge in [-0.2, -0.15) is 0 Å². The first kappa shape index (κ1) is 12.9. The fraction of sp³-hybridized carbons (Fsp3) is 0. The van der Waals surface area contributed by atoms with Crippen LogP contribution in [-0.2, 0) is 0 Å². The van der Waals surface area contributed by atoms with Crippen LogP contribution >= 0.6 is 27.5 Å². The molecule has 4 nitrogen and oxygen atoms in total. The molecule has 0 atom stereocenters. The van der Waals surface area contributed by atoms with Gasteiger partial charge in [0.1, 0.15) is 16.7 Å². The van der Waals surface area contributed by atoms with Crippen LogP contribution in [0.15, 0.2) is 35.1 Å². The normalized spacial score (nSPS) is 10.2.